The first-order chi connectivity index (χ1) is 10.4. The van der Waals surface area contributed by atoms with Gasteiger partial charge in [-0.1, -0.05) is 36.4 Å². The van der Waals surface area contributed by atoms with Crippen LogP contribution in [0.15, 0.2) is 79.3 Å². The molecule has 3 nitrogen and oxygen atoms in total. The summed E-state index contributed by atoms with van der Waals surface area (Å²) in [5.41, 5.74) is 2.28. The summed E-state index contributed by atoms with van der Waals surface area (Å²) in [7, 11) is 0. The molecule has 0 amide bonds. The van der Waals surface area contributed by atoms with Crippen LogP contribution in [0.25, 0.3) is 0 Å². The summed E-state index contributed by atoms with van der Waals surface area (Å²) in [5, 5.41) is 0. The van der Waals surface area contributed by atoms with Crippen LogP contribution in [0.5, 0.6) is 0 Å². The van der Waals surface area contributed by atoms with E-state index in [-0.39, 0.29) is 5.78 Å². The maximum atomic E-state index is 12.9. The summed E-state index contributed by atoms with van der Waals surface area (Å²) >= 11 is 0. The van der Waals surface area contributed by atoms with Crippen molar-refractivity contribution in [2.24, 2.45) is 0 Å². The van der Waals surface area contributed by atoms with Crippen molar-refractivity contribution in [1.82, 2.24) is 9.97 Å². The largest absolute Gasteiger partial charge is 0.293 e. The Labute approximate surface area is 123 Å². The molecule has 3 rings (SSSR count). The third kappa shape index (κ3) is 2.87. The third-order valence-electron chi connectivity index (χ3n) is 3.32. The monoisotopic (exact) mass is 274 g/mol. The number of nitrogens with zero attached hydrogens (tertiary/aromatic N) is 2. The fourth-order valence-electron chi connectivity index (χ4n) is 2.32. The lowest BCUT2D eigenvalue weighted by molar-refractivity contribution is 0.0972. The molecular formula is C18H14N2O. The minimum absolute atomic E-state index is 0.00741. The number of benzene rings is 1. The Morgan fingerprint density at radius 1 is 0.857 bits per heavy atom. The van der Waals surface area contributed by atoms with Gasteiger partial charge in [0.15, 0.2) is 5.78 Å². The molecule has 0 aliphatic carbocycles. The predicted octanol–water partition coefficient (Wildman–Crippen LogP) is 3.49. The van der Waals surface area contributed by atoms with Crippen LogP contribution in [0.3, 0.4) is 0 Å². The molecule has 0 aliphatic heterocycles. The highest BCUT2D eigenvalue weighted by atomic mass is 16.1. The lowest BCUT2D eigenvalue weighted by Crippen LogP contribution is -2.15. The molecule has 1 aromatic carbocycles. The van der Waals surface area contributed by atoms with E-state index in [0.29, 0.717) is 5.56 Å². The summed E-state index contributed by atoms with van der Waals surface area (Å²) in [5.74, 6) is -0.399. The van der Waals surface area contributed by atoms with Gasteiger partial charge in [-0.15, -0.1) is 0 Å². The number of carbonyl (C=O) groups excluding carboxylic acids is 1. The molecule has 0 spiro atoms. The van der Waals surface area contributed by atoms with Gasteiger partial charge in [0, 0.05) is 24.2 Å². The second-order valence-electron chi connectivity index (χ2n) is 4.70. The van der Waals surface area contributed by atoms with Crippen molar-refractivity contribution in [3.8, 4) is 0 Å². The van der Waals surface area contributed by atoms with Crippen LogP contribution in [-0.4, -0.2) is 15.8 Å². The zero-order valence-corrected chi connectivity index (χ0v) is 11.4. The Morgan fingerprint density at radius 2 is 1.67 bits per heavy atom. The molecule has 102 valence electrons. The van der Waals surface area contributed by atoms with E-state index in [0.717, 1.165) is 11.3 Å². The number of hydrogen-bond donors (Lipinski definition) is 0. The highest BCUT2D eigenvalue weighted by Gasteiger charge is 2.24. The van der Waals surface area contributed by atoms with Crippen molar-refractivity contribution in [2.45, 2.75) is 5.92 Å². The van der Waals surface area contributed by atoms with E-state index in [2.05, 4.69) is 9.97 Å². The van der Waals surface area contributed by atoms with Gasteiger partial charge in [-0.25, -0.2) is 0 Å². The van der Waals surface area contributed by atoms with Crippen LogP contribution in [0.4, 0.5) is 0 Å². The number of pyridine rings is 2. The van der Waals surface area contributed by atoms with Gasteiger partial charge in [-0.05, 0) is 29.8 Å². The topological polar surface area (TPSA) is 42.9 Å². The fraction of sp³-hybridized carbons (Fsp3) is 0.0556. The van der Waals surface area contributed by atoms with Crippen LogP contribution < -0.4 is 0 Å². The molecule has 0 radical (unpaired) electrons. The Morgan fingerprint density at radius 3 is 2.33 bits per heavy atom. The molecule has 0 saturated heterocycles. The average molecular weight is 274 g/mol. The Kier molecular flexibility index (Phi) is 3.83. The standard InChI is InChI=1S/C18H14N2O/c21-18(15-9-6-11-19-13-15)17(14-7-2-1-3-8-14)16-10-4-5-12-20-16/h1-13,17H/t17-/m1/s1. The lowest BCUT2D eigenvalue weighted by Gasteiger charge is -2.15. The molecule has 3 aromatic rings. The third-order valence-corrected chi connectivity index (χ3v) is 3.32. The first-order valence-corrected chi connectivity index (χ1v) is 6.76. The van der Waals surface area contributed by atoms with E-state index in [4.69, 9.17) is 0 Å². The maximum Gasteiger partial charge on any atom is 0.177 e. The van der Waals surface area contributed by atoms with E-state index in [1.54, 1.807) is 30.7 Å². The van der Waals surface area contributed by atoms with E-state index >= 15 is 0 Å². The van der Waals surface area contributed by atoms with Gasteiger partial charge in [0.05, 0.1) is 11.6 Å². The maximum absolute atomic E-state index is 12.9. The van der Waals surface area contributed by atoms with Gasteiger partial charge in [0.2, 0.25) is 0 Å². The molecule has 0 bridgehead atoms. The summed E-state index contributed by atoms with van der Waals surface area (Å²) in [6, 6.07) is 18.9. The van der Waals surface area contributed by atoms with Gasteiger partial charge >= 0.3 is 0 Å². The molecular weight excluding hydrogens is 260 g/mol. The minimum atomic E-state index is -0.406. The molecule has 0 aliphatic rings. The Bertz CT molecular complexity index is 672. The Hall–Kier alpha value is -2.81. The molecule has 21 heavy (non-hydrogen) atoms. The van der Waals surface area contributed by atoms with Crippen molar-refractivity contribution in [1.29, 1.82) is 0 Å². The summed E-state index contributed by atoms with van der Waals surface area (Å²) < 4.78 is 0. The molecule has 2 aromatic heterocycles. The normalized spacial score (nSPS) is 11.8. The molecule has 2 heterocycles. The summed E-state index contributed by atoms with van der Waals surface area (Å²) in [6.45, 7) is 0. The zero-order valence-electron chi connectivity index (χ0n) is 11.4. The van der Waals surface area contributed by atoms with Gasteiger partial charge in [0.1, 0.15) is 0 Å². The van der Waals surface area contributed by atoms with E-state index in [1.165, 1.54) is 0 Å². The predicted molar refractivity (Wildman–Crippen MR) is 81.1 cm³/mol. The number of Topliss-reactive ketones (excluding diaryl/α,β-unsaturated/α-hetero) is 1. The van der Waals surface area contributed by atoms with Gasteiger partial charge in [0.25, 0.3) is 0 Å². The first kappa shape index (κ1) is 13.2. The van der Waals surface area contributed by atoms with Crippen molar-refractivity contribution in [3.63, 3.8) is 0 Å². The summed E-state index contributed by atoms with van der Waals surface area (Å²) in [6.07, 6.45) is 4.97. The first-order valence-electron chi connectivity index (χ1n) is 6.76. The van der Waals surface area contributed by atoms with Crippen molar-refractivity contribution >= 4 is 5.78 Å². The molecule has 1 atom stereocenters. The molecule has 0 N–H and O–H groups in total. The van der Waals surface area contributed by atoms with Gasteiger partial charge in [-0.2, -0.15) is 0 Å². The van der Waals surface area contributed by atoms with Crippen LogP contribution >= 0.6 is 0 Å². The number of carbonyl (C=O) groups is 1. The van der Waals surface area contributed by atoms with E-state index in [1.807, 2.05) is 48.5 Å². The summed E-state index contributed by atoms with van der Waals surface area (Å²) in [4.78, 5) is 21.3. The Balaban J connectivity index is 2.07. The second-order valence-corrected chi connectivity index (χ2v) is 4.70. The highest BCUT2D eigenvalue weighted by Crippen LogP contribution is 2.26. The van der Waals surface area contributed by atoms with Crippen LogP contribution in [0.1, 0.15) is 27.5 Å². The SMILES string of the molecule is O=C(c1cccnc1)[C@H](c1ccccc1)c1ccccn1. The molecule has 0 fully saturated rings. The number of aromatic nitrogens is 2. The highest BCUT2D eigenvalue weighted by molar-refractivity contribution is 6.02. The van der Waals surface area contributed by atoms with Gasteiger partial charge in [-0.3, -0.25) is 14.8 Å². The van der Waals surface area contributed by atoms with Crippen molar-refractivity contribution < 1.29 is 4.79 Å². The number of ketones is 1. The smallest absolute Gasteiger partial charge is 0.177 e. The number of rotatable bonds is 4. The second kappa shape index (κ2) is 6.09. The van der Waals surface area contributed by atoms with Gasteiger partial charge < -0.3 is 0 Å². The van der Waals surface area contributed by atoms with Crippen LogP contribution in [-0.2, 0) is 0 Å². The molecule has 0 saturated carbocycles. The zero-order chi connectivity index (χ0) is 14.5. The van der Waals surface area contributed by atoms with Crippen LogP contribution in [0, 0.1) is 0 Å². The van der Waals surface area contributed by atoms with E-state index < -0.39 is 5.92 Å². The molecule has 0 unspecified atom stereocenters. The average Bonchev–Trinajstić information content (AvgIpc) is 2.58. The quantitative estimate of drug-likeness (QED) is 0.684. The van der Waals surface area contributed by atoms with E-state index in [9.17, 15) is 4.79 Å². The van der Waals surface area contributed by atoms with Crippen molar-refractivity contribution in [3.05, 3.63) is 96.1 Å². The number of hydrogen-bond acceptors (Lipinski definition) is 3. The fourth-order valence-corrected chi connectivity index (χ4v) is 2.32. The minimum Gasteiger partial charge on any atom is -0.293 e. The molecule has 3 heteroatoms. The lowest BCUT2D eigenvalue weighted by atomic mass is 9.88. The van der Waals surface area contributed by atoms with Crippen LogP contribution in [0.2, 0.25) is 0 Å². The van der Waals surface area contributed by atoms with Crippen molar-refractivity contribution in [2.75, 3.05) is 0 Å².